The second-order valence-electron chi connectivity index (χ2n) is 4.37. The minimum atomic E-state index is 0.665. The second-order valence-corrected chi connectivity index (χ2v) is 4.37. The van der Waals surface area contributed by atoms with Crippen molar-refractivity contribution in [1.82, 2.24) is 0 Å². The summed E-state index contributed by atoms with van der Waals surface area (Å²) in [5.41, 5.74) is 9.88. The van der Waals surface area contributed by atoms with E-state index in [1.54, 1.807) is 0 Å². The van der Waals surface area contributed by atoms with Crippen molar-refractivity contribution in [1.29, 1.82) is 0 Å². The zero-order chi connectivity index (χ0) is 10.8. The molecule has 0 bridgehead atoms. The summed E-state index contributed by atoms with van der Waals surface area (Å²) in [6, 6.07) is 6.81. The molecule has 1 aromatic carbocycles. The average molecular weight is 204 g/mol. The van der Waals surface area contributed by atoms with E-state index in [1.165, 1.54) is 16.8 Å². The number of nitrogens with zero attached hydrogens (tertiary/aromatic N) is 1. The van der Waals surface area contributed by atoms with Crippen molar-refractivity contribution >= 4 is 5.69 Å². The van der Waals surface area contributed by atoms with Crippen molar-refractivity contribution < 1.29 is 0 Å². The fourth-order valence-electron chi connectivity index (χ4n) is 2.44. The maximum absolute atomic E-state index is 5.58. The summed E-state index contributed by atoms with van der Waals surface area (Å²) in [6.07, 6.45) is 0.992. The molecule has 1 aliphatic heterocycles. The molecule has 15 heavy (non-hydrogen) atoms. The molecule has 0 saturated heterocycles. The zero-order valence-corrected chi connectivity index (χ0v) is 9.66. The minimum Gasteiger partial charge on any atom is -0.371 e. The summed E-state index contributed by atoms with van der Waals surface area (Å²) in [5.74, 6) is 0.665. The van der Waals surface area contributed by atoms with Crippen LogP contribution in [0.4, 0.5) is 5.69 Å². The van der Waals surface area contributed by atoms with E-state index in [2.05, 4.69) is 36.9 Å². The Morgan fingerprint density at radius 2 is 2.27 bits per heavy atom. The van der Waals surface area contributed by atoms with Gasteiger partial charge in [0.2, 0.25) is 0 Å². The van der Waals surface area contributed by atoms with Gasteiger partial charge in [-0.1, -0.05) is 19.1 Å². The van der Waals surface area contributed by atoms with Gasteiger partial charge in [0.05, 0.1) is 0 Å². The van der Waals surface area contributed by atoms with Crippen molar-refractivity contribution in [3.8, 4) is 0 Å². The number of hydrogen-bond donors (Lipinski definition) is 1. The lowest BCUT2D eigenvalue weighted by Gasteiger charge is -2.16. The molecule has 0 amide bonds. The van der Waals surface area contributed by atoms with Crippen LogP contribution in [0.15, 0.2) is 18.2 Å². The fourth-order valence-corrected chi connectivity index (χ4v) is 2.44. The summed E-state index contributed by atoms with van der Waals surface area (Å²) >= 11 is 0. The van der Waals surface area contributed by atoms with Gasteiger partial charge in [-0.25, -0.2) is 0 Å². The fraction of sp³-hybridized carbons (Fsp3) is 0.538. The Labute approximate surface area is 92.1 Å². The predicted molar refractivity (Wildman–Crippen MR) is 65.5 cm³/mol. The quantitative estimate of drug-likeness (QED) is 0.817. The normalized spacial score (nSPS) is 19.4. The summed E-state index contributed by atoms with van der Waals surface area (Å²) < 4.78 is 0. The molecule has 82 valence electrons. The first kappa shape index (κ1) is 10.5. The Morgan fingerprint density at radius 3 is 2.93 bits per heavy atom. The number of benzene rings is 1. The highest BCUT2D eigenvalue weighted by Gasteiger charge is 2.23. The maximum Gasteiger partial charge on any atom is 0.0402 e. The van der Waals surface area contributed by atoms with Crippen molar-refractivity contribution in [3.63, 3.8) is 0 Å². The first-order valence-electron chi connectivity index (χ1n) is 5.84. The van der Waals surface area contributed by atoms with E-state index < -0.39 is 0 Å². The minimum absolute atomic E-state index is 0.665. The predicted octanol–water partition coefficient (Wildman–Crippen LogP) is 2.13. The Hall–Kier alpha value is -1.02. The van der Waals surface area contributed by atoms with E-state index in [-0.39, 0.29) is 0 Å². The van der Waals surface area contributed by atoms with E-state index in [9.17, 15) is 0 Å². The molecule has 0 spiro atoms. The largest absolute Gasteiger partial charge is 0.371 e. The molecule has 0 saturated carbocycles. The van der Waals surface area contributed by atoms with Gasteiger partial charge >= 0.3 is 0 Å². The van der Waals surface area contributed by atoms with Crippen LogP contribution >= 0.6 is 0 Å². The lowest BCUT2D eigenvalue weighted by molar-refractivity contribution is 0.762. The third kappa shape index (κ3) is 1.86. The van der Waals surface area contributed by atoms with Crippen LogP contribution in [-0.2, 0) is 6.42 Å². The SMILES string of the molecule is CCN1CC(C)c2cc(CCN)ccc21. The van der Waals surface area contributed by atoms with Crippen molar-refractivity contribution in [2.45, 2.75) is 26.2 Å². The molecule has 0 aromatic heterocycles. The molecule has 1 unspecified atom stereocenters. The Kier molecular flexibility index (Phi) is 2.96. The molecule has 2 rings (SSSR count). The van der Waals surface area contributed by atoms with Gasteiger partial charge in [0.25, 0.3) is 0 Å². The number of rotatable bonds is 3. The highest BCUT2D eigenvalue weighted by molar-refractivity contribution is 5.61. The maximum atomic E-state index is 5.58. The molecule has 2 nitrogen and oxygen atoms in total. The van der Waals surface area contributed by atoms with E-state index in [4.69, 9.17) is 5.73 Å². The topological polar surface area (TPSA) is 29.3 Å². The average Bonchev–Trinajstić information content (AvgIpc) is 2.56. The van der Waals surface area contributed by atoms with Crippen LogP contribution in [0.2, 0.25) is 0 Å². The molecule has 1 atom stereocenters. The molecular formula is C13H20N2. The molecule has 2 N–H and O–H groups in total. The highest BCUT2D eigenvalue weighted by Crippen LogP contribution is 2.36. The molecule has 0 aliphatic carbocycles. The van der Waals surface area contributed by atoms with Gasteiger partial charge in [-0.05, 0) is 37.1 Å². The van der Waals surface area contributed by atoms with Gasteiger partial charge in [0.1, 0.15) is 0 Å². The van der Waals surface area contributed by atoms with Crippen LogP contribution in [0.3, 0.4) is 0 Å². The van der Waals surface area contributed by atoms with Crippen LogP contribution in [-0.4, -0.2) is 19.6 Å². The van der Waals surface area contributed by atoms with Crippen LogP contribution in [0.1, 0.15) is 30.9 Å². The number of anilines is 1. The lowest BCUT2D eigenvalue weighted by Crippen LogP contribution is -2.20. The molecule has 1 aliphatic rings. The molecule has 0 radical (unpaired) electrons. The zero-order valence-electron chi connectivity index (χ0n) is 9.66. The number of nitrogens with two attached hydrogens (primary N) is 1. The van der Waals surface area contributed by atoms with Gasteiger partial charge in [0.15, 0.2) is 0 Å². The number of likely N-dealkylation sites (N-methyl/N-ethyl adjacent to an activating group) is 1. The Morgan fingerprint density at radius 1 is 1.47 bits per heavy atom. The third-order valence-corrected chi connectivity index (χ3v) is 3.27. The number of hydrogen-bond acceptors (Lipinski definition) is 2. The second kappa shape index (κ2) is 4.23. The molecular weight excluding hydrogens is 184 g/mol. The van der Waals surface area contributed by atoms with Crippen molar-refractivity contribution in [3.05, 3.63) is 29.3 Å². The third-order valence-electron chi connectivity index (χ3n) is 3.27. The van der Waals surface area contributed by atoms with Gasteiger partial charge < -0.3 is 10.6 Å². The Balaban J connectivity index is 2.32. The van der Waals surface area contributed by atoms with E-state index >= 15 is 0 Å². The first-order chi connectivity index (χ1) is 7.26. The summed E-state index contributed by atoms with van der Waals surface area (Å²) in [4.78, 5) is 2.45. The summed E-state index contributed by atoms with van der Waals surface area (Å²) in [5, 5.41) is 0. The summed E-state index contributed by atoms with van der Waals surface area (Å²) in [7, 11) is 0. The Bertz CT molecular complexity index is 346. The van der Waals surface area contributed by atoms with Gasteiger partial charge in [-0.3, -0.25) is 0 Å². The molecule has 1 heterocycles. The van der Waals surface area contributed by atoms with Gasteiger partial charge in [0, 0.05) is 24.7 Å². The van der Waals surface area contributed by atoms with Gasteiger partial charge in [-0.15, -0.1) is 0 Å². The van der Waals surface area contributed by atoms with Gasteiger partial charge in [-0.2, -0.15) is 0 Å². The van der Waals surface area contributed by atoms with Crippen LogP contribution in [0, 0.1) is 0 Å². The van der Waals surface area contributed by atoms with Crippen molar-refractivity contribution in [2.24, 2.45) is 5.73 Å². The van der Waals surface area contributed by atoms with E-state index in [0.29, 0.717) is 5.92 Å². The lowest BCUT2D eigenvalue weighted by atomic mass is 10.00. The molecule has 1 aromatic rings. The van der Waals surface area contributed by atoms with E-state index in [0.717, 1.165) is 26.1 Å². The smallest absolute Gasteiger partial charge is 0.0402 e. The van der Waals surface area contributed by atoms with Crippen LogP contribution < -0.4 is 10.6 Å². The first-order valence-corrected chi connectivity index (χ1v) is 5.84. The number of fused-ring (bicyclic) bond motifs is 1. The van der Waals surface area contributed by atoms with Crippen molar-refractivity contribution in [2.75, 3.05) is 24.5 Å². The van der Waals surface area contributed by atoms with E-state index in [1.807, 2.05) is 0 Å². The van der Waals surface area contributed by atoms with Crippen LogP contribution in [0.25, 0.3) is 0 Å². The molecule has 2 heteroatoms. The highest BCUT2D eigenvalue weighted by atomic mass is 15.1. The summed E-state index contributed by atoms with van der Waals surface area (Å²) in [6.45, 7) is 7.53. The standard InChI is InChI=1S/C13H20N2/c1-3-15-9-10(2)12-8-11(6-7-14)4-5-13(12)15/h4-5,8,10H,3,6-7,9,14H2,1-2H3. The van der Waals surface area contributed by atoms with Crippen LogP contribution in [0.5, 0.6) is 0 Å². The monoisotopic (exact) mass is 204 g/mol. The molecule has 0 fully saturated rings.